The molecule has 0 N–H and O–H groups in total. The summed E-state index contributed by atoms with van der Waals surface area (Å²) in [6.45, 7) is 0.699. The molecular formula is C11H14Cl2OS. The van der Waals surface area contributed by atoms with Crippen LogP contribution in [0.25, 0.3) is 0 Å². The van der Waals surface area contributed by atoms with E-state index in [9.17, 15) is 0 Å². The van der Waals surface area contributed by atoms with E-state index in [0.717, 1.165) is 30.8 Å². The summed E-state index contributed by atoms with van der Waals surface area (Å²) < 4.78 is 5.52. The van der Waals surface area contributed by atoms with Crippen LogP contribution in [0.3, 0.4) is 0 Å². The molecule has 0 aliphatic carbocycles. The number of rotatable bonds is 6. The van der Waals surface area contributed by atoms with Crippen molar-refractivity contribution in [2.24, 2.45) is 0 Å². The molecule has 1 rings (SSSR count). The van der Waals surface area contributed by atoms with Gasteiger partial charge in [0, 0.05) is 10.0 Å². The van der Waals surface area contributed by atoms with Crippen molar-refractivity contribution in [1.29, 1.82) is 0 Å². The van der Waals surface area contributed by atoms with Gasteiger partial charge in [-0.2, -0.15) is 12.6 Å². The topological polar surface area (TPSA) is 9.23 Å². The van der Waals surface area contributed by atoms with Crippen molar-refractivity contribution in [1.82, 2.24) is 0 Å². The molecule has 0 bridgehead atoms. The molecule has 0 unspecified atom stereocenters. The van der Waals surface area contributed by atoms with E-state index in [0.29, 0.717) is 16.7 Å². The molecule has 0 amide bonds. The molecule has 0 saturated heterocycles. The van der Waals surface area contributed by atoms with Crippen molar-refractivity contribution in [2.75, 3.05) is 12.4 Å². The van der Waals surface area contributed by atoms with Crippen LogP contribution in [0.4, 0.5) is 0 Å². The lowest BCUT2D eigenvalue weighted by atomic mass is 10.3. The van der Waals surface area contributed by atoms with Crippen LogP contribution in [0.5, 0.6) is 5.75 Å². The van der Waals surface area contributed by atoms with Crippen molar-refractivity contribution in [3.63, 3.8) is 0 Å². The molecule has 15 heavy (non-hydrogen) atoms. The van der Waals surface area contributed by atoms with Crippen LogP contribution in [-0.4, -0.2) is 12.4 Å². The van der Waals surface area contributed by atoms with Gasteiger partial charge in [0.25, 0.3) is 0 Å². The van der Waals surface area contributed by atoms with E-state index in [1.165, 1.54) is 0 Å². The van der Waals surface area contributed by atoms with Gasteiger partial charge in [0.2, 0.25) is 0 Å². The van der Waals surface area contributed by atoms with Crippen molar-refractivity contribution in [3.05, 3.63) is 28.2 Å². The van der Waals surface area contributed by atoms with Gasteiger partial charge in [0.15, 0.2) is 0 Å². The Kier molecular flexibility index (Phi) is 6.30. The lowest BCUT2D eigenvalue weighted by Gasteiger charge is -2.06. The van der Waals surface area contributed by atoms with E-state index in [-0.39, 0.29) is 0 Å². The number of benzene rings is 1. The number of hydrogen-bond acceptors (Lipinski definition) is 2. The molecule has 0 aliphatic heterocycles. The minimum Gasteiger partial charge on any atom is -0.493 e. The van der Waals surface area contributed by atoms with E-state index >= 15 is 0 Å². The van der Waals surface area contributed by atoms with Gasteiger partial charge in [-0.15, -0.1) is 0 Å². The molecule has 0 aliphatic rings. The Hall–Kier alpha value is -0.0500. The predicted molar refractivity (Wildman–Crippen MR) is 69.7 cm³/mol. The molecule has 84 valence electrons. The monoisotopic (exact) mass is 264 g/mol. The van der Waals surface area contributed by atoms with Crippen LogP contribution in [0, 0.1) is 0 Å². The first-order valence-corrected chi connectivity index (χ1v) is 6.31. The summed E-state index contributed by atoms with van der Waals surface area (Å²) in [6, 6.07) is 5.23. The number of thiol groups is 1. The van der Waals surface area contributed by atoms with Gasteiger partial charge < -0.3 is 4.74 Å². The number of unbranched alkanes of at least 4 members (excludes halogenated alkanes) is 2. The van der Waals surface area contributed by atoms with E-state index in [1.807, 2.05) is 0 Å². The second-order valence-electron chi connectivity index (χ2n) is 3.24. The van der Waals surface area contributed by atoms with Crippen LogP contribution in [-0.2, 0) is 0 Å². The Morgan fingerprint density at radius 1 is 1.00 bits per heavy atom. The molecular weight excluding hydrogens is 251 g/mol. The van der Waals surface area contributed by atoms with E-state index in [1.54, 1.807) is 18.2 Å². The van der Waals surface area contributed by atoms with Gasteiger partial charge in [-0.05, 0) is 43.2 Å². The summed E-state index contributed by atoms with van der Waals surface area (Å²) in [7, 11) is 0. The third kappa shape index (κ3) is 5.55. The summed E-state index contributed by atoms with van der Waals surface area (Å²) in [4.78, 5) is 0. The Morgan fingerprint density at radius 2 is 1.67 bits per heavy atom. The summed E-state index contributed by atoms with van der Waals surface area (Å²) >= 11 is 15.8. The molecule has 1 nitrogen and oxygen atoms in total. The first kappa shape index (κ1) is 13.0. The van der Waals surface area contributed by atoms with Crippen LogP contribution in [0.1, 0.15) is 19.3 Å². The zero-order valence-corrected chi connectivity index (χ0v) is 10.8. The van der Waals surface area contributed by atoms with Crippen molar-refractivity contribution >= 4 is 35.8 Å². The van der Waals surface area contributed by atoms with Crippen LogP contribution in [0.15, 0.2) is 18.2 Å². The molecule has 0 saturated carbocycles. The molecule has 0 radical (unpaired) electrons. The number of halogens is 2. The molecule has 0 aromatic heterocycles. The minimum absolute atomic E-state index is 0.604. The molecule has 0 spiro atoms. The highest BCUT2D eigenvalue weighted by molar-refractivity contribution is 7.80. The third-order valence-electron chi connectivity index (χ3n) is 1.91. The molecule has 0 fully saturated rings. The van der Waals surface area contributed by atoms with E-state index < -0.39 is 0 Å². The lowest BCUT2D eigenvalue weighted by Crippen LogP contribution is -1.97. The van der Waals surface area contributed by atoms with Crippen LogP contribution < -0.4 is 4.74 Å². The maximum Gasteiger partial charge on any atom is 0.122 e. The summed E-state index contributed by atoms with van der Waals surface area (Å²) in [5, 5.41) is 1.21. The van der Waals surface area contributed by atoms with Crippen molar-refractivity contribution < 1.29 is 4.74 Å². The predicted octanol–water partition coefficient (Wildman–Crippen LogP) is 4.47. The summed E-state index contributed by atoms with van der Waals surface area (Å²) in [6.07, 6.45) is 3.30. The first-order valence-electron chi connectivity index (χ1n) is 4.92. The Labute approximate surface area is 106 Å². The van der Waals surface area contributed by atoms with Gasteiger partial charge in [-0.3, -0.25) is 0 Å². The average Bonchev–Trinajstić information content (AvgIpc) is 2.16. The normalized spacial score (nSPS) is 10.3. The highest BCUT2D eigenvalue weighted by Crippen LogP contribution is 2.24. The van der Waals surface area contributed by atoms with Gasteiger partial charge >= 0.3 is 0 Å². The SMILES string of the molecule is SCCCCCOc1cc(Cl)cc(Cl)c1. The Balaban J connectivity index is 2.31. The lowest BCUT2D eigenvalue weighted by molar-refractivity contribution is 0.306. The molecule has 0 heterocycles. The van der Waals surface area contributed by atoms with Crippen LogP contribution >= 0.6 is 35.8 Å². The highest BCUT2D eigenvalue weighted by Gasteiger charge is 1.98. The quantitative estimate of drug-likeness (QED) is 0.589. The fourth-order valence-electron chi connectivity index (χ4n) is 1.19. The van der Waals surface area contributed by atoms with Crippen molar-refractivity contribution in [3.8, 4) is 5.75 Å². The highest BCUT2D eigenvalue weighted by atomic mass is 35.5. The Morgan fingerprint density at radius 3 is 2.27 bits per heavy atom. The molecule has 1 aromatic rings. The maximum atomic E-state index is 5.84. The molecule has 1 aromatic carbocycles. The van der Waals surface area contributed by atoms with E-state index in [4.69, 9.17) is 27.9 Å². The smallest absolute Gasteiger partial charge is 0.122 e. The van der Waals surface area contributed by atoms with Gasteiger partial charge in [0.05, 0.1) is 6.61 Å². The number of hydrogen-bond donors (Lipinski definition) is 1. The zero-order chi connectivity index (χ0) is 11.1. The third-order valence-corrected chi connectivity index (χ3v) is 2.66. The maximum absolute atomic E-state index is 5.84. The van der Waals surface area contributed by atoms with Gasteiger partial charge in [-0.1, -0.05) is 23.2 Å². The van der Waals surface area contributed by atoms with Gasteiger partial charge in [0.1, 0.15) is 5.75 Å². The summed E-state index contributed by atoms with van der Waals surface area (Å²) in [5.74, 6) is 1.67. The average molecular weight is 265 g/mol. The van der Waals surface area contributed by atoms with Crippen molar-refractivity contribution in [2.45, 2.75) is 19.3 Å². The molecule has 0 atom stereocenters. The van der Waals surface area contributed by atoms with Gasteiger partial charge in [-0.25, -0.2) is 0 Å². The minimum atomic E-state index is 0.604. The summed E-state index contributed by atoms with van der Waals surface area (Å²) in [5.41, 5.74) is 0. The standard InChI is InChI=1S/C11H14Cl2OS/c12-9-6-10(13)8-11(7-9)14-4-2-1-3-5-15/h6-8,15H,1-5H2. The zero-order valence-electron chi connectivity index (χ0n) is 8.38. The fourth-order valence-corrected chi connectivity index (χ4v) is 1.92. The number of ether oxygens (including phenoxy) is 1. The van der Waals surface area contributed by atoms with E-state index in [2.05, 4.69) is 12.6 Å². The first-order chi connectivity index (χ1) is 7.22. The molecule has 4 heteroatoms. The Bertz CT molecular complexity index is 284. The van der Waals surface area contributed by atoms with Crippen LogP contribution in [0.2, 0.25) is 10.0 Å². The second-order valence-corrected chi connectivity index (χ2v) is 4.56. The fraction of sp³-hybridized carbons (Fsp3) is 0.455. The second kappa shape index (κ2) is 7.26. The largest absolute Gasteiger partial charge is 0.493 e.